The number of nitrogens with zero attached hydrogens (tertiary/aromatic N) is 1. The predicted molar refractivity (Wildman–Crippen MR) is 164 cm³/mol. The van der Waals surface area contributed by atoms with Crippen LogP contribution in [0.15, 0.2) is 72.8 Å². The second kappa shape index (κ2) is 12.3. The van der Waals surface area contributed by atoms with Crippen molar-refractivity contribution in [2.24, 2.45) is 0 Å². The molecule has 0 saturated carbocycles. The molecule has 9 nitrogen and oxygen atoms in total. The Morgan fingerprint density at radius 1 is 0.976 bits per heavy atom. The van der Waals surface area contributed by atoms with Crippen molar-refractivity contribution in [2.75, 3.05) is 32.5 Å². The largest absolute Gasteiger partial charge is 0.374 e. The van der Waals surface area contributed by atoms with Crippen LogP contribution in [0.1, 0.15) is 34.3 Å². The predicted octanol–water partition coefficient (Wildman–Crippen LogP) is 3.94. The number of quaternary nitrogens is 1. The van der Waals surface area contributed by atoms with Crippen LogP contribution in [0.4, 0.5) is 5.69 Å². The maximum Gasteiger partial charge on any atom is 0.321 e. The number of amides is 2. The van der Waals surface area contributed by atoms with Crippen LogP contribution in [-0.4, -0.2) is 58.8 Å². The number of hydrogen-bond donors (Lipinski definition) is 3. The molecule has 2 aliphatic rings. The Kier molecular flexibility index (Phi) is 8.94. The molecule has 42 heavy (non-hydrogen) atoms. The van der Waals surface area contributed by atoms with Crippen LogP contribution >= 0.6 is 23.2 Å². The maximum atomic E-state index is 14.0. The van der Waals surface area contributed by atoms with Gasteiger partial charge < -0.3 is 15.4 Å². The molecule has 2 amide bonds. The number of nitrogens with one attached hydrogen (secondary N) is 3. The molecule has 12 heteroatoms. The Morgan fingerprint density at radius 2 is 1.62 bits per heavy atom. The lowest BCUT2D eigenvalue weighted by atomic mass is 9.75. The SMILES string of the molecule is CS(=O)(=O)[N+]1(NC(=O)C(COCc2ccccc2)NC(=O)c2c(Cl)cccc2Cl)CC2(CCNCC2)c2ccccc21. The van der Waals surface area contributed by atoms with Gasteiger partial charge in [0, 0.05) is 11.6 Å². The second-order valence-corrected chi connectivity index (χ2v) is 13.7. The fourth-order valence-electron chi connectivity index (χ4n) is 5.90. The Morgan fingerprint density at radius 3 is 2.29 bits per heavy atom. The zero-order valence-corrected chi connectivity index (χ0v) is 25.4. The summed E-state index contributed by atoms with van der Waals surface area (Å²) < 4.78 is 32.3. The quantitative estimate of drug-likeness (QED) is 0.308. The molecule has 5 rings (SSSR count). The Balaban J connectivity index is 1.47. The molecule has 1 spiro atoms. The van der Waals surface area contributed by atoms with E-state index in [2.05, 4.69) is 16.1 Å². The summed E-state index contributed by atoms with van der Waals surface area (Å²) in [4.78, 5) is 27.4. The van der Waals surface area contributed by atoms with E-state index in [9.17, 15) is 18.0 Å². The lowest BCUT2D eigenvalue weighted by molar-refractivity contribution is -0.127. The minimum atomic E-state index is -3.95. The minimum absolute atomic E-state index is 0.00822. The molecular formula is C30H33Cl2N4O5S+. The van der Waals surface area contributed by atoms with Crippen LogP contribution < -0.4 is 20.1 Å². The van der Waals surface area contributed by atoms with E-state index in [1.54, 1.807) is 18.2 Å². The number of para-hydroxylation sites is 1. The summed E-state index contributed by atoms with van der Waals surface area (Å²) in [5.41, 5.74) is 4.67. The first-order valence-electron chi connectivity index (χ1n) is 13.6. The zero-order chi connectivity index (χ0) is 30.0. The number of hydrogen-bond acceptors (Lipinski definition) is 6. The van der Waals surface area contributed by atoms with Crippen molar-refractivity contribution in [3.8, 4) is 0 Å². The molecule has 2 heterocycles. The van der Waals surface area contributed by atoms with Crippen molar-refractivity contribution in [3.05, 3.63) is 99.5 Å². The van der Waals surface area contributed by atoms with Crippen molar-refractivity contribution in [1.82, 2.24) is 20.1 Å². The van der Waals surface area contributed by atoms with Crippen molar-refractivity contribution >= 4 is 50.7 Å². The number of halogens is 2. The van der Waals surface area contributed by atoms with Crippen LogP contribution in [0.3, 0.4) is 0 Å². The van der Waals surface area contributed by atoms with Gasteiger partial charge in [0.05, 0.1) is 40.5 Å². The second-order valence-electron chi connectivity index (χ2n) is 10.8. The first-order valence-corrected chi connectivity index (χ1v) is 16.2. The summed E-state index contributed by atoms with van der Waals surface area (Å²) >= 11 is 12.5. The highest BCUT2D eigenvalue weighted by Crippen LogP contribution is 2.50. The number of carbonyl (C=O) groups excluding carboxylic acids is 2. The number of fused-ring (bicyclic) bond motifs is 2. The highest BCUT2D eigenvalue weighted by molar-refractivity contribution is 7.90. The highest BCUT2D eigenvalue weighted by atomic mass is 35.5. The Labute approximate surface area is 255 Å². The number of benzene rings is 3. The van der Waals surface area contributed by atoms with Gasteiger partial charge in [-0.05, 0) is 43.6 Å². The van der Waals surface area contributed by atoms with Gasteiger partial charge in [0.25, 0.3) is 11.8 Å². The standard InChI is InChI=1S/C30H32Cl2N4O5S/c1-42(39,40)36(20-30(14-16-33-17-15-30)22-10-5-6-13-26(22)36)35-28(37)25(19-41-18-21-8-3-2-4-9-21)34-29(38)27-23(31)11-7-12-24(27)32/h2-13,25,33H,14-20H2,1H3,(H-,34,35,37,38)/p+1. The molecule has 2 unspecified atom stereocenters. The third-order valence-electron chi connectivity index (χ3n) is 8.02. The topological polar surface area (TPSA) is 114 Å². The van der Waals surface area contributed by atoms with Crippen LogP contribution in [-0.2, 0) is 31.6 Å². The summed E-state index contributed by atoms with van der Waals surface area (Å²) in [6, 6.07) is 20.1. The molecule has 3 aromatic carbocycles. The van der Waals surface area contributed by atoms with E-state index in [1.807, 2.05) is 42.5 Å². The van der Waals surface area contributed by atoms with Crippen molar-refractivity contribution < 1.29 is 22.7 Å². The number of sulfonamides is 1. The van der Waals surface area contributed by atoms with E-state index in [0.717, 1.165) is 43.3 Å². The molecule has 1 fully saturated rings. The number of piperidine rings is 1. The number of carbonyl (C=O) groups is 2. The van der Waals surface area contributed by atoms with Crippen LogP contribution in [0.25, 0.3) is 0 Å². The maximum absolute atomic E-state index is 14.0. The van der Waals surface area contributed by atoms with E-state index in [1.165, 1.54) is 12.1 Å². The Bertz CT molecular complexity index is 1560. The van der Waals surface area contributed by atoms with Crippen LogP contribution in [0.2, 0.25) is 10.0 Å². The lowest BCUT2D eigenvalue weighted by Gasteiger charge is -2.36. The monoisotopic (exact) mass is 631 g/mol. The summed E-state index contributed by atoms with van der Waals surface area (Å²) in [7, 11) is -3.95. The van der Waals surface area contributed by atoms with Gasteiger partial charge in [-0.3, -0.25) is 9.59 Å². The zero-order valence-electron chi connectivity index (χ0n) is 23.1. The average molecular weight is 633 g/mol. The highest BCUT2D eigenvalue weighted by Gasteiger charge is 2.60. The first kappa shape index (κ1) is 30.5. The molecule has 0 aromatic heterocycles. The van der Waals surface area contributed by atoms with E-state index >= 15 is 0 Å². The number of rotatable bonds is 9. The van der Waals surface area contributed by atoms with Crippen molar-refractivity contribution in [2.45, 2.75) is 30.9 Å². The van der Waals surface area contributed by atoms with Crippen molar-refractivity contribution in [3.63, 3.8) is 0 Å². The van der Waals surface area contributed by atoms with Gasteiger partial charge in [-0.15, -0.1) is 0 Å². The lowest BCUT2D eigenvalue weighted by Crippen LogP contribution is -2.68. The molecule has 0 aliphatic carbocycles. The third-order valence-corrected chi connectivity index (χ3v) is 10.2. The average Bonchev–Trinajstić information content (AvgIpc) is 3.23. The van der Waals surface area contributed by atoms with E-state index in [4.69, 9.17) is 27.9 Å². The van der Waals surface area contributed by atoms with Gasteiger partial charge in [0.2, 0.25) is 0 Å². The van der Waals surface area contributed by atoms with E-state index < -0.39 is 37.3 Å². The molecule has 0 bridgehead atoms. The van der Waals surface area contributed by atoms with Gasteiger partial charge in [-0.25, -0.2) is 0 Å². The number of ether oxygens (including phenoxy) is 1. The minimum Gasteiger partial charge on any atom is -0.374 e. The van der Waals surface area contributed by atoms with Gasteiger partial charge in [-0.1, -0.05) is 81.8 Å². The fourth-order valence-corrected chi connectivity index (χ4v) is 7.72. The van der Waals surface area contributed by atoms with Gasteiger partial charge in [0.15, 0.2) is 5.69 Å². The molecule has 3 aromatic rings. The fraction of sp³-hybridized carbons (Fsp3) is 0.333. The normalized spacial score (nSPS) is 20.1. The molecule has 0 radical (unpaired) electrons. The molecule has 3 N–H and O–H groups in total. The summed E-state index contributed by atoms with van der Waals surface area (Å²) in [5.74, 6) is -1.40. The summed E-state index contributed by atoms with van der Waals surface area (Å²) in [6.45, 7) is 1.56. The summed E-state index contributed by atoms with van der Waals surface area (Å²) in [6.07, 6.45) is 2.56. The van der Waals surface area contributed by atoms with Crippen LogP contribution in [0.5, 0.6) is 0 Å². The smallest absolute Gasteiger partial charge is 0.321 e. The van der Waals surface area contributed by atoms with E-state index in [0.29, 0.717) is 5.69 Å². The van der Waals surface area contributed by atoms with Gasteiger partial charge >= 0.3 is 10.0 Å². The molecule has 2 atom stereocenters. The Hall–Kier alpha value is -2.99. The molecule has 2 aliphatic heterocycles. The molecule has 1 saturated heterocycles. The third kappa shape index (κ3) is 5.92. The molecule has 222 valence electrons. The summed E-state index contributed by atoms with van der Waals surface area (Å²) in [5, 5.41) is 6.26. The van der Waals surface area contributed by atoms with Crippen molar-refractivity contribution in [1.29, 1.82) is 0 Å². The van der Waals surface area contributed by atoms with Gasteiger partial charge in [0.1, 0.15) is 12.6 Å². The van der Waals surface area contributed by atoms with Crippen LogP contribution in [0, 0.1) is 0 Å². The van der Waals surface area contributed by atoms with Gasteiger partial charge in [-0.2, -0.15) is 13.8 Å². The first-order chi connectivity index (χ1) is 20.1. The molecular weight excluding hydrogens is 599 g/mol. The van der Waals surface area contributed by atoms with E-state index in [-0.39, 0.29) is 35.4 Å².